The second-order valence-electron chi connectivity index (χ2n) is 10.2. The Labute approximate surface area is 235 Å². The average molecular weight is 559 g/mol. The number of rotatable bonds is 10. The molecular weight excluding hydrogens is 524 g/mol. The second-order valence-corrected chi connectivity index (χ2v) is 11.8. The van der Waals surface area contributed by atoms with Crippen molar-refractivity contribution in [2.24, 2.45) is 0 Å². The maximum absolute atomic E-state index is 13.8. The molecule has 1 aliphatic heterocycles. The number of piperazine rings is 1. The molecule has 1 aliphatic rings. The molecule has 0 bridgehead atoms. The van der Waals surface area contributed by atoms with Crippen LogP contribution in [-0.2, 0) is 27.7 Å². The molecular formula is C31H34N4O4S. The van der Waals surface area contributed by atoms with E-state index in [0.29, 0.717) is 23.9 Å². The summed E-state index contributed by atoms with van der Waals surface area (Å²) in [6.45, 7) is 3.53. The lowest BCUT2D eigenvalue weighted by molar-refractivity contribution is -0.134. The van der Waals surface area contributed by atoms with Gasteiger partial charge in [-0.3, -0.25) is 14.7 Å². The minimum atomic E-state index is -4.03. The van der Waals surface area contributed by atoms with E-state index < -0.39 is 16.1 Å². The van der Waals surface area contributed by atoms with Crippen LogP contribution >= 0.6 is 0 Å². The largest absolute Gasteiger partial charge is 0.508 e. The molecule has 0 aliphatic carbocycles. The maximum Gasteiger partial charge on any atom is 0.241 e. The van der Waals surface area contributed by atoms with E-state index in [9.17, 15) is 18.3 Å². The number of nitrogens with zero attached hydrogens (tertiary/aromatic N) is 3. The van der Waals surface area contributed by atoms with Gasteiger partial charge in [-0.05, 0) is 61.2 Å². The number of aromatic hydroxyl groups is 1. The van der Waals surface area contributed by atoms with Gasteiger partial charge in [-0.2, -0.15) is 4.72 Å². The number of carbonyl (C=O) groups excluding carboxylic acids is 1. The summed E-state index contributed by atoms with van der Waals surface area (Å²) in [7, 11) is -4.03. The SMILES string of the molecule is O=C([C@H](Cc1ccc(O)cc1)NS(=O)(=O)c1cccc2cnccc12)N1CCN(CCCc2ccccc2)CC1. The third-order valence-corrected chi connectivity index (χ3v) is 8.90. The highest BCUT2D eigenvalue weighted by atomic mass is 32.2. The Balaban J connectivity index is 1.28. The number of hydrogen-bond donors (Lipinski definition) is 2. The predicted octanol–water partition coefficient (Wildman–Crippen LogP) is 3.61. The highest BCUT2D eigenvalue weighted by Crippen LogP contribution is 2.23. The number of hydrogen-bond acceptors (Lipinski definition) is 6. The fraction of sp³-hybridized carbons (Fsp3) is 0.290. The Hall–Kier alpha value is -3.79. The van der Waals surface area contributed by atoms with Crippen molar-refractivity contribution in [3.05, 3.63) is 102 Å². The average Bonchev–Trinajstić information content (AvgIpc) is 2.98. The van der Waals surface area contributed by atoms with E-state index in [2.05, 4.69) is 38.9 Å². The molecule has 1 fully saturated rings. The second kappa shape index (κ2) is 12.6. The summed E-state index contributed by atoms with van der Waals surface area (Å²) in [5, 5.41) is 10.9. The van der Waals surface area contributed by atoms with Gasteiger partial charge in [0.15, 0.2) is 0 Å². The van der Waals surface area contributed by atoms with E-state index in [1.165, 1.54) is 17.7 Å². The minimum absolute atomic E-state index is 0.110. The lowest BCUT2D eigenvalue weighted by Crippen LogP contribution is -2.55. The van der Waals surface area contributed by atoms with Gasteiger partial charge in [0.05, 0.1) is 4.90 Å². The van der Waals surface area contributed by atoms with Crippen LogP contribution in [0.25, 0.3) is 10.8 Å². The number of phenolic OH excluding ortho intramolecular Hbond substituents is 1. The number of sulfonamides is 1. The van der Waals surface area contributed by atoms with Crippen molar-refractivity contribution in [3.8, 4) is 5.75 Å². The number of pyridine rings is 1. The first kappa shape index (κ1) is 27.8. The van der Waals surface area contributed by atoms with Gasteiger partial charge in [-0.1, -0.05) is 54.6 Å². The van der Waals surface area contributed by atoms with Crippen LogP contribution in [0.2, 0.25) is 0 Å². The molecule has 208 valence electrons. The highest BCUT2D eigenvalue weighted by Gasteiger charge is 2.32. The van der Waals surface area contributed by atoms with Crippen LogP contribution in [0.15, 0.2) is 96.2 Å². The van der Waals surface area contributed by atoms with Crippen LogP contribution in [0, 0.1) is 0 Å². The van der Waals surface area contributed by atoms with Crippen molar-refractivity contribution < 1.29 is 18.3 Å². The molecule has 1 amide bonds. The van der Waals surface area contributed by atoms with Gasteiger partial charge in [0.25, 0.3) is 0 Å². The normalized spacial score (nSPS) is 15.2. The number of phenols is 1. The zero-order valence-electron chi connectivity index (χ0n) is 22.3. The van der Waals surface area contributed by atoms with E-state index in [1.807, 2.05) is 6.07 Å². The van der Waals surface area contributed by atoms with E-state index >= 15 is 0 Å². The Morgan fingerprint density at radius 2 is 1.65 bits per heavy atom. The first-order valence-corrected chi connectivity index (χ1v) is 15.1. The Morgan fingerprint density at radius 3 is 2.40 bits per heavy atom. The highest BCUT2D eigenvalue weighted by molar-refractivity contribution is 7.89. The van der Waals surface area contributed by atoms with Crippen molar-refractivity contribution in [1.29, 1.82) is 0 Å². The van der Waals surface area contributed by atoms with Crippen LogP contribution < -0.4 is 4.72 Å². The number of benzene rings is 3. The smallest absolute Gasteiger partial charge is 0.241 e. The summed E-state index contributed by atoms with van der Waals surface area (Å²) in [6, 6.07) is 22.6. The van der Waals surface area contributed by atoms with Gasteiger partial charge in [0.2, 0.25) is 15.9 Å². The fourth-order valence-corrected chi connectivity index (χ4v) is 6.61. The molecule has 5 rings (SSSR count). The monoisotopic (exact) mass is 558 g/mol. The van der Waals surface area contributed by atoms with Crippen molar-refractivity contribution in [3.63, 3.8) is 0 Å². The molecule has 40 heavy (non-hydrogen) atoms. The van der Waals surface area contributed by atoms with Gasteiger partial charge in [-0.15, -0.1) is 0 Å². The molecule has 3 aromatic carbocycles. The molecule has 0 saturated carbocycles. The van der Waals surface area contributed by atoms with Crippen LogP contribution in [0.3, 0.4) is 0 Å². The maximum atomic E-state index is 13.8. The lowest BCUT2D eigenvalue weighted by Gasteiger charge is -2.36. The molecule has 0 unspecified atom stereocenters. The van der Waals surface area contributed by atoms with Gasteiger partial charge >= 0.3 is 0 Å². The van der Waals surface area contributed by atoms with E-state index in [4.69, 9.17) is 0 Å². The van der Waals surface area contributed by atoms with Crippen LogP contribution in [0.5, 0.6) is 5.75 Å². The first-order chi connectivity index (χ1) is 19.4. The van der Waals surface area contributed by atoms with Gasteiger partial charge in [0.1, 0.15) is 11.8 Å². The quantitative estimate of drug-likeness (QED) is 0.308. The molecule has 0 radical (unpaired) electrons. The first-order valence-electron chi connectivity index (χ1n) is 13.6. The van der Waals surface area contributed by atoms with Crippen molar-refractivity contribution in [2.45, 2.75) is 30.2 Å². The molecule has 2 heterocycles. The summed E-state index contributed by atoms with van der Waals surface area (Å²) < 4.78 is 30.0. The molecule has 1 atom stereocenters. The molecule has 0 spiro atoms. The van der Waals surface area contributed by atoms with Gasteiger partial charge < -0.3 is 10.0 Å². The standard InChI is InChI=1S/C31H34N4O4S/c36-27-13-11-25(12-14-27)22-29(33-40(38,39)30-10-4-9-26-23-32-16-15-28(26)30)31(37)35-20-18-34(19-21-35)17-5-8-24-6-2-1-3-7-24/h1-4,6-7,9-16,23,29,33,36H,5,8,17-22H2/t29-/m0/s1. The van der Waals surface area contributed by atoms with Crippen LogP contribution in [-0.4, -0.2) is 73.0 Å². The summed E-state index contributed by atoms with van der Waals surface area (Å²) >= 11 is 0. The van der Waals surface area contributed by atoms with Crippen molar-refractivity contribution in [1.82, 2.24) is 19.5 Å². The number of amides is 1. The topological polar surface area (TPSA) is 103 Å². The molecule has 9 heteroatoms. The Morgan fingerprint density at radius 1 is 0.900 bits per heavy atom. The summed E-state index contributed by atoms with van der Waals surface area (Å²) in [4.78, 5) is 22.1. The lowest BCUT2D eigenvalue weighted by atomic mass is 10.0. The van der Waals surface area contributed by atoms with Crippen LogP contribution in [0.1, 0.15) is 17.5 Å². The molecule has 1 aromatic heterocycles. The van der Waals surface area contributed by atoms with Gasteiger partial charge in [-0.25, -0.2) is 8.42 Å². The number of aromatic nitrogens is 1. The van der Waals surface area contributed by atoms with E-state index in [0.717, 1.165) is 38.0 Å². The number of fused-ring (bicyclic) bond motifs is 1. The number of nitrogens with one attached hydrogen (secondary N) is 1. The summed E-state index contributed by atoms with van der Waals surface area (Å²) in [5.41, 5.74) is 2.07. The third-order valence-electron chi connectivity index (χ3n) is 7.37. The van der Waals surface area contributed by atoms with Crippen LogP contribution in [0.4, 0.5) is 0 Å². The van der Waals surface area contributed by atoms with E-state index in [1.54, 1.807) is 53.7 Å². The summed E-state index contributed by atoms with van der Waals surface area (Å²) in [6.07, 6.45) is 5.40. The number of aryl methyl sites for hydroxylation is 1. The molecule has 4 aromatic rings. The van der Waals surface area contributed by atoms with E-state index in [-0.39, 0.29) is 23.0 Å². The van der Waals surface area contributed by atoms with Crippen molar-refractivity contribution >= 4 is 26.7 Å². The zero-order valence-corrected chi connectivity index (χ0v) is 23.1. The Bertz CT molecular complexity index is 1530. The third kappa shape index (κ3) is 6.85. The predicted molar refractivity (Wildman–Crippen MR) is 155 cm³/mol. The fourth-order valence-electron chi connectivity index (χ4n) is 5.19. The molecule has 1 saturated heterocycles. The Kier molecular flexibility index (Phi) is 8.74. The van der Waals surface area contributed by atoms with Crippen molar-refractivity contribution in [2.75, 3.05) is 32.7 Å². The molecule has 2 N–H and O–H groups in total. The summed E-state index contributed by atoms with van der Waals surface area (Å²) in [5.74, 6) is -0.137. The molecule has 8 nitrogen and oxygen atoms in total. The number of carbonyl (C=O) groups is 1. The van der Waals surface area contributed by atoms with Gasteiger partial charge in [0, 0.05) is 49.3 Å². The zero-order chi connectivity index (χ0) is 28.0. The minimum Gasteiger partial charge on any atom is -0.508 e.